The molecule has 0 amide bonds. The lowest BCUT2D eigenvalue weighted by Crippen LogP contribution is -2.23. The predicted molar refractivity (Wildman–Crippen MR) is 64.2 cm³/mol. The zero-order chi connectivity index (χ0) is 12.0. The average molecular weight is 246 g/mol. The van der Waals surface area contributed by atoms with Crippen molar-refractivity contribution in [3.05, 3.63) is 34.6 Å². The summed E-state index contributed by atoms with van der Waals surface area (Å²) in [5.41, 5.74) is 0.895. The van der Waals surface area contributed by atoms with Crippen LogP contribution in [0.5, 0.6) is 0 Å². The fraction of sp³-hybridized carbons (Fsp3) is 0.500. The smallest absolute Gasteiger partial charge is 0.142 e. The van der Waals surface area contributed by atoms with E-state index in [1.165, 1.54) is 6.07 Å². The van der Waals surface area contributed by atoms with Gasteiger partial charge in [0.15, 0.2) is 0 Å². The van der Waals surface area contributed by atoms with Crippen LogP contribution in [0.15, 0.2) is 18.2 Å². The Morgan fingerprint density at radius 1 is 1.50 bits per heavy atom. The van der Waals surface area contributed by atoms with Crippen LogP contribution in [0.4, 0.5) is 4.39 Å². The minimum absolute atomic E-state index is 0.163. The number of hydrogen-bond acceptors (Lipinski definition) is 2. The summed E-state index contributed by atoms with van der Waals surface area (Å²) in [5.74, 6) is 0.0769. The monoisotopic (exact) mass is 245 g/mol. The van der Waals surface area contributed by atoms with Gasteiger partial charge in [-0.05, 0) is 23.6 Å². The Labute approximate surface area is 101 Å². The molecule has 1 unspecified atom stereocenters. The minimum Gasteiger partial charge on any atom is -0.384 e. The van der Waals surface area contributed by atoms with Gasteiger partial charge in [0, 0.05) is 26.8 Å². The van der Waals surface area contributed by atoms with Crippen molar-refractivity contribution in [3.8, 4) is 0 Å². The molecule has 1 atom stereocenters. The molecule has 0 saturated carbocycles. The van der Waals surface area contributed by atoms with E-state index in [0.717, 1.165) is 18.7 Å². The number of halogens is 2. The number of methoxy groups -OCH3 is 1. The maximum atomic E-state index is 13.1. The third kappa shape index (κ3) is 4.47. The fourth-order valence-electron chi connectivity index (χ4n) is 1.46. The van der Waals surface area contributed by atoms with Crippen LogP contribution in [0.2, 0.25) is 5.02 Å². The van der Waals surface area contributed by atoms with E-state index in [4.69, 9.17) is 16.3 Å². The van der Waals surface area contributed by atoms with E-state index < -0.39 is 0 Å². The molecule has 1 rings (SSSR count). The van der Waals surface area contributed by atoms with Crippen molar-refractivity contribution >= 4 is 11.6 Å². The maximum absolute atomic E-state index is 13.1. The molecule has 0 spiro atoms. The van der Waals surface area contributed by atoms with Crippen LogP contribution in [-0.4, -0.2) is 20.3 Å². The summed E-state index contributed by atoms with van der Waals surface area (Å²) in [7, 11) is 1.69. The molecule has 0 aromatic heterocycles. The third-order valence-electron chi connectivity index (χ3n) is 2.26. The molecule has 0 aliphatic carbocycles. The second-order valence-electron chi connectivity index (χ2n) is 3.94. The molecular weight excluding hydrogens is 229 g/mol. The molecule has 0 aliphatic rings. The molecule has 4 heteroatoms. The van der Waals surface area contributed by atoms with Gasteiger partial charge in [-0.3, -0.25) is 0 Å². The molecule has 1 N–H and O–H groups in total. The van der Waals surface area contributed by atoms with Crippen molar-refractivity contribution in [3.63, 3.8) is 0 Å². The highest BCUT2D eigenvalue weighted by atomic mass is 35.5. The number of rotatable bonds is 6. The molecule has 0 saturated heterocycles. The van der Waals surface area contributed by atoms with Crippen molar-refractivity contribution in [2.24, 2.45) is 5.92 Å². The van der Waals surface area contributed by atoms with Gasteiger partial charge in [0.2, 0.25) is 0 Å². The first kappa shape index (κ1) is 13.4. The van der Waals surface area contributed by atoms with Crippen LogP contribution in [0.25, 0.3) is 0 Å². The Morgan fingerprint density at radius 2 is 2.25 bits per heavy atom. The quantitative estimate of drug-likeness (QED) is 0.832. The summed E-state index contributed by atoms with van der Waals surface area (Å²) in [6, 6.07) is 4.85. The molecule has 0 heterocycles. The molecule has 16 heavy (non-hydrogen) atoms. The zero-order valence-corrected chi connectivity index (χ0v) is 10.4. The Balaban J connectivity index is 2.34. The summed E-state index contributed by atoms with van der Waals surface area (Å²) in [6.07, 6.45) is 0. The van der Waals surface area contributed by atoms with Gasteiger partial charge in [0.25, 0.3) is 0 Å². The number of nitrogens with one attached hydrogen (secondary N) is 1. The minimum atomic E-state index is -0.370. The summed E-state index contributed by atoms with van der Waals surface area (Å²) < 4.78 is 18.1. The van der Waals surface area contributed by atoms with Crippen molar-refractivity contribution in [1.29, 1.82) is 0 Å². The fourth-order valence-corrected chi connectivity index (χ4v) is 1.57. The first-order valence-electron chi connectivity index (χ1n) is 5.27. The molecule has 0 fully saturated rings. The van der Waals surface area contributed by atoms with Crippen LogP contribution in [-0.2, 0) is 11.3 Å². The molecule has 1 aromatic carbocycles. The van der Waals surface area contributed by atoms with E-state index in [0.29, 0.717) is 12.5 Å². The van der Waals surface area contributed by atoms with E-state index in [9.17, 15) is 4.39 Å². The first-order valence-corrected chi connectivity index (χ1v) is 5.65. The second-order valence-corrected chi connectivity index (χ2v) is 4.35. The van der Waals surface area contributed by atoms with Gasteiger partial charge in [0.1, 0.15) is 5.82 Å². The molecule has 2 nitrogen and oxygen atoms in total. The number of ether oxygens (including phenoxy) is 1. The van der Waals surface area contributed by atoms with E-state index in [-0.39, 0.29) is 10.8 Å². The van der Waals surface area contributed by atoms with Crippen LogP contribution in [0.3, 0.4) is 0 Å². The first-order chi connectivity index (χ1) is 7.63. The summed E-state index contributed by atoms with van der Waals surface area (Å²) in [6.45, 7) is 4.31. The Morgan fingerprint density at radius 3 is 2.88 bits per heavy atom. The lowest BCUT2D eigenvalue weighted by Gasteiger charge is -2.11. The summed E-state index contributed by atoms with van der Waals surface area (Å²) in [4.78, 5) is 0. The predicted octanol–water partition coefficient (Wildman–Crippen LogP) is 2.85. The van der Waals surface area contributed by atoms with Crippen molar-refractivity contribution in [1.82, 2.24) is 5.32 Å². The lowest BCUT2D eigenvalue weighted by atomic mass is 10.2. The Kier molecular flexibility index (Phi) is 5.74. The van der Waals surface area contributed by atoms with Crippen LogP contribution in [0, 0.1) is 11.7 Å². The molecule has 0 bridgehead atoms. The van der Waals surface area contributed by atoms with Gasteiger partial charge in [-0.25, -0.2) is 4.39 Å². The molecule has 1 aromatic rings. The van der Waals surface area contributed by atoms with Crippen molar-refractivity contribution in [2.45, 2.75) is 13.5 Å². The largest absolute Gasteiger partial charge is 0.384 e. The lowest BCUT2D eigenvalue weighted by molar-refractivity contribution is 0.158. The standard InChI is InChI=1S/C12H17ClFNO/c1-9(8-16-2)6-15-7-10-3-4-11(13)12(14)5-10/h3-5,9,15H,6-8H2,1-2H3. The molecule has 90 valence electrons. The Hall–Kier alpha value is -0.640. The average Bonchev–Trinajstić information content (AvgIpc) is 2.24. The van der Waals surface area contributed by atoms with Crippen molar-refractivity contribution < 1.29 is 9.13 Å². The summed E-state index contributed by atoms with van der Waals surface area (Å²) in [5, 5.41) is 3.41. The van der Waals surface area contributed by atoms with E-state index in [1.807, 2.05) is 6.07 Å². The van der Waals surface area contributed by atoms with Gasteiger partial charge >= 0.3 is 0 Å². The number of benzene rings is 1. The third-order valence-corrected chi connectivity index (χ3v) is 2.56. The van der Waals surface area contributed by atoms with Gasteiger partial charge < -0.3 is 10.1 Å². The zero-order valence-electron chi connectivity index (χ0n) is 9.59. The Bertz CT molecular complexity index is 333. The molecule has 0 aliphatic heterocycles. The van der Waals surface area contributed by atoms with E-state index in [1.54, 1.807) is 13.2 Å². The molecular formula is C12H17ClFNO. The SMILES string of the molecule is COCC(C)CNCc1ccc(Cl)c(F)c1. The van der Waals surface area contributed by atoms with Crippen LogP contribution < -0.4 is 5.32 Å². The molecule has 0 radical (unpaired) electrons. The van der Waals surface area contributed by atoms with Crippen LogP contribution >= 0.6 is 11.6 Å². The van der Waals surface area contributed by atoms with Crippen LogP contribution in [0.1, 0.15) is 12.5 Å². The normalized spacial score (nSPS) is 12.8. The van der Waals surface area contributed by atoms with E-state index >= 15 is 0 Å². The highest BCUT2D eigenvalue weighted by Crippen LogP contribution is 2.15. The van der Waals surface area contributed by atoms with Gasteiger partial charge in [-0.1, -0.05) is 24.6 Å². The van der Waals surface area contributed by atoms with Crippen molar-refractivity contribution in [2.75, 3.05) is 20.3 Å². The van der Waals surface area contributed by atoms with Gasteiger partial charge in [0.05, 0.1) is 5.02 Å². The van der Waals surface area contributed by atoms with E-state index in [2.05, 4.69) is 12.2 Å². The topological polar surface area (TPSA) is 21.3 Å². The summed E-state index contributed by atoms with van der Waals surface area (Å²) >= 11 is 5.59. The number of hydrogen-bond donors (Lipinski definition) is 1. The highest BCUT2D eigenvalue weighted by molar-refractivity contribution is 6.30. The maximum Gasteiger partial charge on any atom is 0.142 e. The second kappa shape index (κ2) is 6.84. The van der Waals surface area contributed by atoms with Gasteiger partial charge in [-0.2, -0.15) is 0 Å². The van der Waals surface area contributed by atoms with Gasteiger partial charge in [-0.15, -0.1) is 0 Å². The highest BCUT2D eigenvalue weighted by Gasteiger charge is 2.03.